The number of hydrogen-bond donors (Lipinski definition) is 1. The van der Waals surface area contributed by atoms with Crippen LogP contribution in [-0.4, -0.2) is 53.0 Å². The van der Waals surface area contributed by atoms with Crippen LogP contribution in [0.2, 0.25) is 0 Å². The number of fused-ring (bicyclic) bond motifs is 4. The number of ether oxygens (including phenoxy) is 4. The fraction of sp³-hybridized carbons (Fsp3) is 0.586. The molecule has 1 saturated heterocycles. The van der Waals surface area contributed by atoms with E-state index in [4.69, 9.17) is 18.9 Å². The van der Waals surface area contributed by atoms with Gasteiger partial charge in [0, 0.05) is 25.2 Å². The number of rotatable bonds is 7. The van der Waals surface area contributed by atoms with Crippen LogP contribution in [0.5, 0.6) is 23.0 Å². The summed E-state index contributed by atoms with van der Waals surface area (Å²) in [6, 6.07) is 9.61. The molecule has 5 rings (SSSR count). The van der Waals surface area contributed by atoms with Gasteiger partial charge in [-0.25, -0.2) is 0 Å². The first-order chi connectivity index (χ1) is 17.1. The molecule has 4 atom stereocenters. The number of hydrogen-bond acceptors (Lipinski definition) is 6. The van der Waals surface area contributed by atoms with Crippen molar-refractivity contribution in [2.75, 3.05) is 48.1 Å². The third kappa shape index (κ3) is 5.77. The summed E-state index contributed by atoms with van der Waals surface area (Å²) in [4.78, 5) is 2.72. The minimum absolute atomic E-state index is 0. The van der Waals surface area contributed by atoms with Gasteiger partial charge in [-0.3, -0.25) is 4.90 Å². The summed E-state index contributed by atoms with van der Waals surface area (Å²) < 4.78 is 22.5. The Morgan fingerprint density at radius 2 is 1.35 bits per heavy atom. The van der Waals surface area contributed by atoms with Gasteiger partial charge >= 0.3 is 0 Å². The van der Waals surface area contributed by atoms with Gasteiger partial charge < -0.3 is 24.3 Å². The van der Waals surface area contributed by atoms with Crippen molar-refractivity contribution in [1.82, 2.24) is 10.2 Å². The van der Waals surface area contributed by atoms with Crippen molar-refractivity contribution in [3.05, 3.63) is 46.5 Å². The average molecular weight is 642 g/mol. The van der Waals surface area contributed by atoms with Gasteiger partial charge in [0.25, 0.3) is 0 Å². The molecule has 0 radical (unpaired) electrons. The van der Waals surface area contributed by atoms with Crippen LogP contribution in [0, 0.1) is 11.8 Å². The van der Waals surface area contributed by atoms with Crippen LogP contribution in [0.1, 0.15) is 60.5 Å². The first-order valence-electron chi connectivity index (χ1n) is 13.1. The van der Waals surface area contributed by atoms with E-state index in [0.29, 0.717) is 23.9 Å². The van der Waals surface area contributed by atoms with E-state index in [1.807, 2.05) is 0 Å². The molecule has 0 aromatic heterocycles. The van der Waals surface area contributed by atoms with Gasteiger partial charge in [0.05, 0.1) is 28.4 Å². The summed E-state index contributed by atoms with van der Waals surface area (Å²) in [5.74, 6) is 4.69. The van der Waals surface area contributed by atoms with Gasteiger partial charge in [-0.15, -0.1) is 34.0 Å². The van der Waals surface area contributed by atoms with E-state index in [1.54, 1.807) is 28.4 Å². The maximum atomic E-state index is 5.68. The van der Waals surface area contributed by atoms with E-state index >= 15 is 0 Å². The van der Waals surface area contributed by atoms with E-state index in [2.05, 4.69) is 41.4 Å². The average Bonchev–Trinajstić information content (AvgIpc) is 2.91. The standard InChI is InChI=1S/C29H40N2O4.2BrH/c1-6-18-17-31-10-8-20-14-27(33-3)29(35-5)16-23(20)25(31)12-21(18)11-24-22-15-28(34-4)26(32-2)13-19(22)7-9-30-24;;/h13-16,18,21,24-25,30H,6-12,17H2,1-5H3;2*1H/t18-,21-,24?,25-;;/m0../s1. The lowest BCUT2D eigenvalue weighted by Gasteiger charge is -2.48. The summed E-state index contributed by atoms with van der Waals surface area (Å²) in [5, 5.41) is 3.83. The molecule has 0 spiro atoms. The Morgan fingerprint density at radius 1 is 0.784 bits per heavy atom. The van der Waals surface area contributed by atoms with Crippen molar-refractivity contribution >= 4 is 34.0 Å². The fourth-order valence-electron chi connectivity index (χ4n) is 6.74. The van der Waals surface area contributed by atoms with Crippen LogP contribution in [0.3, 0.4) is 0 Å². The summed E-state index contributed by atoms with van der Waals surface area (Å²) >= 11 is 0. The Kier molecular flexibility index (Phi) is 10.6. The molecule has 8 heteroatoms. The van der Waals surface area contributed by atoms with Gasteiger partial charge in [-0.05, 0) is 90.6 Å². The van der Waals surface area contributed by atoms with E-state index in [9.17, 15) is 0 Å². The first-order valence-corrected chi connectivity index (χ1v) is 13.1. The van der Waals surface area contributed by atoms with E-state index < -0.39 is 0 Å². The van der Waals surface area contributed by atoms with Crippen LogP contribution >= 0.6 is 34.0 Å². The molecule has 37 heavy (non-hydrogen) atoms. The van der Waals surface area contributed by atoms with Gasteiger partial charge in [0.1, 0.15) is 0 Å². The molecule has 3 heterocycles. The molecule has 2 aromatic rings. The predicted octanol–water partition coefficient (Wildman–Crippen LogP) is 6.10. The predicted molar refractivity (Wildman–Crippen MR) is 159 cm³/mol. The molecule has 0 amide bonds. The van der Waals surface area contributed by atoms with Gasteiger partial charge in [0.15, 0.2) is 23.0 Å². The molecule has 2 aromatic carbocycles. The van der Waals surface area contributed by atoms with Crippen LogP contribution in [-0.2, 0) is 12.8 Å². The van der Waals surface area contributed by atoms with E-state index in [-0.39, 0.29) is 34.0 Å². The molecule has 1 N–H and O–H groups in total. The van der Waals surface area contributed by atoms with Crippen molar-refractivity contribution in [2.45, 2.75) is 51.1 Å². The van der Waals surface area contributed by atoms with Crippen molar-refractivity contribution in [2.24, 2.45) is 11.8 Å². The highest BCUT2D eigenvalue weighted by Gasteiger charge is 2.40. The number of methoxy groups -OCH3 is 4. The third-order valence-electron chi connectivity index (χ3n) is 8.64. The highest BCUT2D eigenvalue weighted by Crippen LogP contribution is 2.48. The largest absolute Gasteiger partial charge is 0.493 e. The van der Waals surface area contributed by atoms with Crippen LogP contribution in [0.25, 0.3) is 0 Å². The molecule has 0 bridgehead atoms. The first kappa shape index (κ1) is 30.1. The third-order valence-corrected chi connectivity index (χ3v) is 8.64. The fourth-order valence-corrected chi connectivity index (χ4v) is 6.74. The number of nitrogens with zero attached hydrogens (tertiary/aromatic N) is 1. The number of halogens is 2. The molecule has 3 aliphatic heterocycles. The smallest absolute Gasteiger partial charge is 0.161 e. The topological polar surface area (TPSA) is 52.2 Å². The lowest BCUT2D eigenvalue weighted by atomic mass is 9.72. The minimum Gasteiger partial charge on any atom is -0.493 e. The zero-order chi connectivity index (χ0) is 24.5. The Labute approximate surface area is 242 Å². The van der Waals surface area contributed by atoms with Crippen LogP contribution in [0.15, 0.2) is 24.3 Å². The van der Waals surface area contributed by atoms with E-state index in [0.717, 1.165) is 55.4 Å². The second kappa shape index (κ2) is 13.0. The minimum atomic E-state index is 0. The monoisotopic (exact) mass is 640 g/mol. The molecule has 1 unspecified atom stereocenters. The van der Waals surface area contributed by atoms with Gasteiger partial charge in [-0.2, -0.15) is 0 Å². The Morgan fingerprint density at radius 3 is 1.95 bits per heavy atom. The van der Waals surface area contributed by atoms with Crippen LogP contribution in [0.4, 0.5) is 0 Å². The molecule has 0 saturated carbocycles. The molecule has 1 fully saturated rings. The maximum absolute atomic E-state index is 5.68. The molecule has 6 nitrogen and oxygen atoms in total. The molecule has 206 valence electrons. The summed E-state index contributed by atoms with van der Waals surface area (Å²) in [7, 11) is 6.90. The number of benzene rings is 2. The Bertz CT molecular complexity index is 1060. The van der Waals surface area contributed by atoms with Crippen molar-refractivity contribution in [3.8, 4) is 23.0 Å². The second-order valence-corrected chi connectivity index (χ2v) is 10.2. The second-order valence-electron chi connectivity index (χ2n) is 10.2. The summed E-state index contributed by atoms with van der Waals surface area (Å²) in [5.41, 5.74) is 5.60. The van der Waals surface area contributed by atoms with Crippen molar-refractivity contribution in [3.63, 3.8) is 0 Å². The lowest BCUT2D eigenvalue weighted by Crippen LogP contribution is -2.46. The zero-order valence-electron chi connectivity index (χ0n) is 22.7. The van der Waals surface area contributed by atoms with Gasteiger partial charge in [0.2, 0.25) is 0 Å². The molecule has 3 aliphatic rings. The normalized spacial score (nSPS) is 24.4. The summed E-state index contributed by atoms with van der Waals surface area (Å²) in [6.07, 6.45) is 5.65. The Hall–Kier alpha value is -1.48. The number of nitrogens with one attached hydrogen (secondary N) is 1. The SMILES string of the molecule is Br.Br.CC[C@H]1CN2CCc3cc(OC)c(OC)cc3[C@@H]2C[C@@H]1CC1NCCc2cc(OC)c(OC)cc21. The van der Waals surface area contributed by atoms with Gasteiger partial charge in [-0.1, -0.05) is 13.3 Å². The lowest BCUT2D eigenvalue weighted by molar-refractivity contribution is 0.0434. The maximum Gasteiger partial charge on any atom is 0.161 e. The van der Waals surface area contributed by atoms with E-state index in [1.165, 1.54) is 41.6 Å². The van der Waals surface area contributed by atoms with Crippen LogP contribution < -0.4 is 24.3 Å². The molecular formula is C29H42Br2N2O4. The highest BCUT2D eigenvalue weighted by atomic mass is 79.9. The summed E-state index contributed by atoms with van der Waals surface area (Å²) in [6.45, 7) is 5.66. The zero-order valence-corrected chi connectivity index (χ0v) is 26.1. The Balaban J connectivity index is 0.00000190. The quantitative estimate of drug-likeness (QED) is 0.394. The van der Waals surface area contributed by atoms with Crippen molar-refractivity contribution in [1.29, 1.82) is 0 Å². The molecular weight excluding hydrogens is 600 g/mol. The van der Waals surface area contributed by atoms with Crippen molar-refractivity contribution < 1.29 is 18.9 Å². The highest BCUT2D eigenvalue weighted by molar-refractivity contribution is 8.93. The molecule has 0 aliphatic carbocycles. The number of piperidine rings is 1.